The zero-order valence-corrected chi connectivity index (χ0v) is 19.3. The average molecular weight is 489 g/mol. The number of aromatic nitrogens is 5. The number of carbonyl (C=O) groups excluding carboxylic acids is 2. The highest BCUT2D eigenvalue weighted by atomic mass is 19.4. The first kappa shape index (κ1) is 24.0. The van der Waals surface area contributed by atoms with Crippen molar-refractivity contribution in [2.45, 2.75) is 38.9 Å². The normalized spacial score (nSPS) is 12.2. The highest BCUT2D eigenvalue weighted by Gasteiger charge is 2.36. The fraction of sp³-hybridized carbons (Fsp3) is 0.318. The molecule has 2 N–H and O–H groups in total. The third-order valence-electron chi connectivity index (χ3n) is 5.01. The Morgan fingerprint density at radius 2 is 1.86 bits per heavy atom. The Labute approximate surface area is 197 Å². The summed E-state index contributed by atoms with van der Waals surface area (Å²) < 4.78 is 48.2. The van der Waals surface area contributed by atoms with Gasteiger partial charge < -0.3 is 15.1 Å². The largest absolute Gasteiger partial charge is 0.467 e. The molecule has 0 aliphatic heterocycles. The number of nitrogens with one attached hydrogen (secondary N) is 2. The summed E-state index contributed by atoms with van der Waals surface area (Å²) in [4.78, 5) is 29.7. The van der Waals surface area contributed by atoms with Gasteiger partial charge in [-0.05, 0) is 18.2 Å². The number of rotatable bonds is 5. The van der Waals surface area contributed by atoms with E-state index in [4.69, 9.17) is 4.42 Å². The van der Waals surface area contributed by atoms with Crippen molar-refractivity contribution in [1.82, 2.24) is 29.7 Å². The van der Waals surface area contributed by atoms with Gasteiger partial charge in [0.2, 0.25) is 0 Å². The van der Waals surface area contributed by atoms with Crippen LogP contribution in [0.15, 0.2) is 41.1 Å². The van der Waals surface area contributed by atoms with Crippen LogP contribution in [0.5, 0.6) is 0 Å². The molecule has 0 saturated carbocycles. The lowest BCUT2D eigenvalue weighted by atomic mass is 9.91. The Kier molecular flexibility index (Phi) is 5.87. The maximum atomic E-state index is 13.7. The summed E-state index contributed by atoms with van der Waals surface area (Å²) in [5.74, 6) is -0.885. The van der Waals surface area contributed by atoms with E-state index in [1.54, 1.807) is 40.0 Å². The number of fused-ring (bicyclic) bond motifs is 1. The Bertz CT molecular complexity index is 1400. The van der Waals surface area contributed by atoms with Crippen LogP contribution < -0.4 is 10.6 Å². The molecular weight excluding hydrogens is 467 g/mol. The minimum atomic E-state index is -4.72. The number of furan rings is 1. The van der Waals surface area contributed by atoms with Gasteiger partial charge in [-0.15, -0.1) is 0 Å². The van der Waals surface area contributed by atoms with Crippen LogP contribution in [0.3, 0.4) is 0 Å². The molecule has 4 aromatic rings. The molecule has 10 nitrogen and oxygen atoms in total. The van der Waals surface area contributed by atoms with E-state index in [1.165, 1.54) is 17.1 Å². The molecular formula is C22H22F3N7O3. The molecule has 0 radical (unpaired) electrons. The highest BCUT2D eigenvalue weighted by Crippen LogP contribution is 2.32. The quantitative estimate of drug-likeness (QED) is 0.443. The van der Waals surface area contributed by atoms with Gasteiger partial charge in [0, 0.05) is 24.7 Å². The summed E-state index contributed by atoms with van der Waals surface area (Å²) in [5, 5.41) is 13.0. The Morgan fingerprint density at radius 3 is 2.49 bits per heavy atom. The number of hydrogen-bond acceptors (Lipinski definition) is 6. The summed E-state index contributed by atoms with van der Waals surface area (Å²) in [7, 11) is 1.55. The van der Waals surface area contributed by atoms with E-state index in [1.807, 2.05) is 0 Å². The number of alkyl halides is 3. The first-order valence-corrected chi connectivity index (χ1v) is 10.5. The van der Waals surface area contributed by atoms with Crippen molar-refractivity contribution >= 4 is 23.1 Å². The van der Waals surface area contributed by atoms with E-state index >= 15 is 0 Å². The van der Waals surface area contributed by atoms with Gasteiger partial charge in [0.1, 0.15) is 11.5 Å². The first-order valence-electron chi connectivity index (χ1n) is 10.5. The van der Waals surface area contributed by atoms with Gasteiger partial charge in [0.25, 0.3) is 11.8 Å². The predicted molar refractivity (Wildman–Crippen MR) is 118 cm³/mol. The highest BCUT2D eigenvalue weighted by molar-refractivity contribution is 6.07. The van der Waals surface area contributed by atoms with Crippen LogP contribution in [-0.2, 0) is 25.2 Å². The summed E-state index contributed by atoms with van der Waals surface area (Å²) >= 11 is 0. The Hall–Kier alpha value is -4.16. The zero-order chi connectivity index (χ0) is 25.5. The second-order valence-corrected chi connectivity index (χ2v) is 8.86. The zero-order valence-electron chi connectivity index (χ0n) is 19.3. The molecule has 0 aliphatic carbocycles. The van der Waals surface area contributed by atoms with E-state index in [0.717, 1.165) is 12.1 Å². The molecule has 0 unspecified atom stereocenters. The lowest BCUT2D eigenvalue weighted by molar-refractivity contribution is -0.142. The number of amides is 2. The molecule has 0 aliphatic rings. The van der Waals surface area contributed by atoms with Crippen molar-refractivity contribution < 1.29 is 27.2 Å². The van der Waals surface area contributed by atoms with Gasteiger partial charge >= 0.3 is 6.18 Å². The molecule has 0 saturated heterocycles. The maximum absolute atomic E-state index is 13.7. The van der Waals surface area contributed by atoms with Gasteiger partial charge in [0.15, 0.2) is 17.0 Å². The van der Waals surface area contributed by atoms with Crippen LogP contribution in [0.2, 0.25) is 0 Å². The van der Waals surface area contributed by atoms with Gasteiger partial charge in [-0.2, -0.15) is 23.4 Å². The number of carbonyl (C=O) groups is 2. The summed E-state index contributed by atoms with van der Waals surface area (Å²) in [6.07, 6.45) is -1.86. The SMILES string of the molecule is Cn1cc(NC(=O)c2cc3nc(C(C)(C)C)cc(C(F)(F)F)n3n2)c(C(=O)NCc2ccco2)n1. The monoisotopic (exact) mass is 489 g/mol. The smallest absolute Gasteiger partial charge is 0.433 e. The van der Waals surface area contributed by atoms with Crippen LogP contribution in [0.1, 0.15) is 58.9 Å². The summed E-state index contributed by atoms with van der Waals surface area (Å²) in [6, 6.07) is 5.43. The Balaban J connectivity index is 1.63. The topological polar surface area (TPSA) is 119 Å². The standard InChI is InChI=1S/C22H22F3N7O3/c1-21(2,3)15-9-16(22(23,24)25)32-17(28-15)8-13(29-32)19(33)27-14-11-31(4)30-18(14)20(34)26-10-12-6-5-7-35-12/h5-9,11H,10H2,1-4H3,(H,26,34)(H,27,33). The molecule has 184 valence electrons. The van der Waals surface area contributed by atoms with Crippen LogP contribution in [0.4, 0.5) is 18.9 Å². The van der Waals surface area contributed by atoms with Crippen molar-refractivity contribution in [2.75, 3.05) is 5.32 Å². The molecule has 0 spiro atoms. The Morgan fingerprint density at radius 1 is 1.11 bits per heavy atom. The molecule has 4 rings (SSSR count). The van der Waals surface area contributed by atoms with Gasteiger partial charge in [-0.3, -0.25) is 14.3 Å². The van der Waals surface area contributed by atoms with Gasteiger partial charge in [-0.1, -0.05) is 20.8 Å². The van der Waals surface area contributed by atoms with Crippen molar-refractivity contribution in [3.05, 3.63) is 65.3 Å². The summed E-state index contributed by atoms with van der Waals surface area (Å²) in [5.41, 5.74) is -1.97. The first-order chi connectivity index (χ1) is 16.3. The molecule has 0 fully saturated rings. The average Bonchev–Trinajstić information content (AvgIpc) is 3.49. The van der Waals surface area contributed by atoms with Crippen LogP contribution in [-0.4, -0.2) is 36.2 Å². The molecule has 0 aromatic carbocycles. The molecule has 35 heavy (non-hydrogen) atoms. The minimum Gasteiger partial charge on any atom is -0.467 e. The van der Waals surface area contributed by atoms with Crippen molar-refractivity contribution in [3.8, 4) is 0 Å². The van der Waals surface area contributed by atoms with E-state index in [9.17, 15) is 22.8 Å². The number of aryl methyl sites for hydroxylation is 1. The molecule has 4 heterocycles. The van der Waals surface area contributed by atoms with Crippen LogP contribution in [0, 0.1) is 0 Å². The second kappa shape index (κ2) is 8.56. The lowest BCUT2D eigenvalue weighted by Crippen LogP contribution is -2.25. The number of nitrogens with zero attached hydrogens (tertiary/aromatic N) is 5. The predicted octanol–water partition coefficient (Wildman–Crippen LogP) is 3.55. The number of anilines is 1. The third kappa shape index (κ3) is 5.03. The van der Waals surface area contributed by atoms with Gasteiger partial charge in [-0.25, -0.2) is 9.50 Å². The van der Waals surface area contributed by atoms with Gasteiger partial charge in [0.05, 0.1) is 24.2 Å². The summed E-state index contributed by atoms with van der Waals surface area (Å²) in [6.45, 7) is 5.30. The molecule has 0 bridgehead atoms. The fourth-order valence-electron chi connectivity index (χ4n) is 3.27. The van der Waals surface area contributed by atoms with E-state index in [2.05, 4.69) is 25.8 Å². The van der Waals surface area contributed by atoms with Crippen molar-refractivity contribution in [2.24, 2.45) is 7.05 Å². The van der Waals surface area contributed by atoms with Crippen LogP contribution in [0.25, 0.3) is 5.65 Å². The maximum Gasteiger partial charge on any atom is 0.433 e. The van der Waals surface area contributed by atoms with E-state index in [0.29, 0.717) is 10.3 Å². The van der Waals surface area contributed by atoms with E-state index in [-0.39, 0.29) is 35.0 Å². The number of hydrogen-bond donors (Lipinski definition) is 2. The second-order valence-electron chi connectivity index (χ2n) is 8.86. The molecule has 4 aromatic heterocycles. The lowest BCUT2D eigenvalue weighted by Gasteiger charge is -2.19. The van der Waals surface area contributed by atoms with Crippen molar-refractivity contribution in [3.63, 3.8) is 0 Å². The third-order valence-corrected chi connectivity index (χ3v) is 5.01. The fourth-order valence-corrected chi connectivity index (χ4v) is 3.27. The molecule has 13 heteroatoms. The van der Waals surface area contributed by atoms with Crippen LogP contribution >= 0.6 is 0 Å². The van der Waals surface area contributed by atoms with Crippen molar-refractivity contribution in [1.29, 1.82) is 0 Å². The molecule has 0 atom stereocenters. The molecule has 2 amide bonds. The minimum absolute atomic E-state index is 0.0610. The van der Waals surface area contributed by atoms with E-state index < -0.39 is 29.1 Å². The number of halogens is 3.